The third-order valence-electron chi connectivity index (χ3n) is 3.62. The largest absolute Gasteiger partial charge is 0.399 e. The van der Waals surface area contributed by atoms with Gasteiger partial charge in [-0.25, -0.2) is 9.67 Å². The van der Waals surface area contributed by atoms with Crippen LogP contribution >= 0.6 is 0 Å². The summed E-state index contributed by atoms with van der Waals surface area (Å²) in [6, 6.07) is 6.18. The summed E-state index contributed by atoms with van der Waals surface area (Å²) in [5.74, 6) is 1.62. The first-order chi connectivity index (χ1) is 9.61. The molecule has 0 fully saturated rings. The van der Waals surface area contributed by atoms with Gasteiger partial charge in [-0.05, 0) is 29.2 Å². The Balaban J connectivity index is 1.70. The first-order valence-corrected chi connectivity index (χ1v) is 7.08. The van der Waals surface area contributed by atoms with Crippen molar-refractivity contribution in [2.75, 3.05) is 5.73 Å². The Labute approximate surface area is 119 Å². The average molecular weight is 271 g/mol. The number of anilines is 1. The number of hydrogen-bond acceptors (Lipinski definition) is 4. The molecule has 0 saturated heterocycles. The molecule has 5 nitrogen and oxygen atoms in total. The number of fused-ring (bicyclic) bond motifs is 1. The van der Waals surface area contributed by atoms with Crippen LogP contribution in [0.25, 0.3) is 0 Å². The van der Waals surface area contributed by atoms with Crippen molar-refractivity contribution in [1.82, 2.24) is 19.7 Å². The maximum atomic E-state index is 5.85. The molecule has 0 radical (unpaired) electrons. The second-order valence-corrected chi connectivity index (χ2v) is 5.93. The Hall–Kier alpha value is -1.88. The standard InChI is InChI=1S/C15H21N5/c1-11(2)6-20-15(17-10-18-20)9-19-7-12-3-4-14(16)5-13(12)8-19/h3-5,10-11H,6-9,16H2,1-2H3. The quantitative estimate of drug-likeness (QED) is 0.864. The van der Waals surface area contributed by atoms with Crippen LogP contribution in [0.15, 0.2) is 24.5 Å². The summed E-state index contributed by atoms with van der Waals surface area (Å²) in [5.41, 5.74) is 9.39. The van der Waals surface area contributed by atoms with E-state index in [-0.39, 0.29) is 0 Å². The predicted octanol–water partition coefficient (Wildman–Crippen LogP) is 2.03. The molecule has 2 heterocycles. The number of nitrogen functional groups attached to an aromatic ring is 1. The average Bonchev–Trinajstić information content (AvgIpc) is 2.95. The lowest BCUT2D eigenvalue weighted by molar-refractivity contribution is 0.259. The number of hydrogen-bond donors (Lipinski definition) is 1. The molecule has 3 rings (SSSR count). The fourth-order valence-electron chi connectivity index (χ4n) is 2.71. The second-order valence-electron chi connectivity index (χ2n) is 5.93. The maximum Gasteiger partial charge on any atom is 0.141 e. The van der Waals surface area contributed by atoms with Crippen LogP contribution in [0.3, 0.4) is 0 Å². The highest BCUT2D eigenvalue weighted by molar-refractivity contribution is 5.46. The molecule has 1 aliphatic rings. The Morgan fingerprint density at radius 2 is 2.05 bits per heavy atom. The van der Waals surface area contributed by atoms with Crippen molar-refractivity contribution in [3.63, 3.8) is 0 Å². The topological polar surface area (TPSA) is 60.0 Å². The van der Waals surface area contributed by atoms with Crippen LogP contribution in [-0.2, 0) is 26.2 Å². The number of aromatic nitrogens is 3. The molecular weight excluding hydrogens is 250 g/mol. The molecule has 2 aromatic rings. The second kappa shape index (κ2) is 5.25. The minimum atomic E-state index is 0.575. The Morgan fingerprint density at radius 3 is 2.85 bits per heavy atom. The van der Waals surface area contributed by atoms with Gasteiger partial charge in [0, 0.05) is 25.3 Å². The normalized spacial score (nSPS) is 14.9. The monoisotopic (exact) mass is 271 g/mol. The van der Waals surface area contributed by atoms with Gasteiger partial charge >= 0.3 is 0 Å². The molecule has 0 unspecified atom stereocenters. The van der Waals surface area contributed by atoms with E-state index in [1.165, 1.54) is 11.1 Å². The predicted molar refractivity (Wildman–Crippen MR) is 78.7 cm³/mol. The molecule has 106 valence electrons. The van der Waals surface area contributed by atoms with Crippen molar-refractivity contribution in [3.05, 3.63) is 41.5 Å². The van der Waals surface area contributed by atoms with E-state index >= 15 is 0 Å². The lowest BCUT2D eigenvalue weighted by Crippen LogP contribution is -2.20. The lowest BCUT2D eigenvalue weighted by Gasteiger charge is -2.15. The number of benzene rings is 1. The third-order valence-corrected chi connectivity index (χ3v) is 3.62. The van der Waals surface area contributed by atoms with Crippen LogP contribution in [-0.4, -0.2) is 19.7 Å². The number of rotatable bonds is 4. The highest BCUT2D eigenvalue weighted by atomic mass is 15.3. The Morgan fingerprint density at radius 1 is 1.25 bits per heavy atom. The summed E-state index contributed by atoms with van der Waals surface area (Å²) < 4.78 is 2.02. The van der Waals surface area contributed by atoms with E-state index in [1.807, 2.05) is 10.7 Å². The Kier molecular flexibility index (Phi) is 3.44. The SMILES string of the molecule is CC(C)Cn1ncnc1CN1Cc2ccc(N)cc2C1. The molecule has 2 N–H and O–H groups in total. The fraction of sp³-hybridized carbons (Fsp3) is 0.467. The van der Waals surface area contributed by atoms with Crippen LogP contribution in [0, 0.1) is 5.92 Å². The molecule has 5 heteroatoms. The van der Waals surface area contributed by atoms with Gasteiger partial charge < -0.3 is 5.73 Å². The van der Waals surface area contributed by atoms with E-state index < -0.39 is 0 Å². The van der Waals surface area contributed by atoms with Gasteiger partial charge in [-0.1, -0.05) is 19.9 Å². The van der Waals surface area contributed by atoms with Crippen LogP contribution in [0.1, 0.15) is 30.8 Å². The summed E-state index contributed by atoms with van der Waals surface area (Å²) in [5, 5.41) is 4.32. The number of nitrogens with zero attached hydrogens (tertiary/aromatic N) is 4. The molecule has 0 saturated carbocycles. The van der Waals surface area contributed by atoms with Crippen molar-refractivity contribution in [3.8, 4) is 0 Å². The van der Waals surface area contributed by atoms with E-state index in [1.54, 1.807) is 6.33 Å². The first kappa shape index (κ1) is 13.1. The molecule has 0 aliphatic carbocycles. The summed E-state index contributed by atoms with van der Waals surface area (Å²) in [4.78, 5) is 6.78. The van der Waals surface area contributed by atoms with Gasteiger partial charge in [-0.2, -0.15) is 5.10 Å². The van der Waals surface area contributed by atoms with Gasteiger partial charge in [0.05, 0.1) is 6.54 Å². The summed E-state index contributed by atoms with van der Waals surface area (Å²) in [7, 11) is 0. The van der Waals surface area contributed by atoms with E-state index in [9.17, 15) is 0 Å². The van der Waals surface area contributed by atoms with Crippen molar-refractivity contribution in [2.24, 2.45) is 5.92 Å². The molecule has 1 aromatic carbocycles. The number of nitrogens with two attached hydrogens (primary N) is 1. The first-order valence-electron chi connectivity index (χ1n) is 7.08. The molecular formula is C15H21N5. The van der Waals surface area contributed by atoms with Crippen molar-refractivity contribution >= 4 is 5.69 Å². The zero-order valence-corrected chi connectivity index (χ0v) is 12.1. The van der Waals surface area contributed by atoms with Gasteiger partial charge in [0.1, 0.15) is 12.2 Å². The summed E-state index contributed by atoms with van der Waals surface area (Å²) >= 11 is 0. The fourth-order valence-corrected chi connectivity index (χ4v) is 2.71. The van der Waals surface area contributed by atoms with E-state index in [0.717, 1.165) is 37.7 Å². The van der Waals surface area contributed by atoms with E-state index in [4.69, 9.17) is 5.73 Å². The van der Waals surface area contributed by atoms with E-state index in [0.29, 0.717) is 5.92 Å². The van der Waals surface area contributed by atoms with Gasteiger partial charge in [0.15, 0.2) is 0 Å². The summed E-state index contributed by atoms with van der Waals surface area (Å²) in [6.07, 6.45) is 1.65. The molecule has 20 heavy (non-hydrogen) atoms. The highest BCUT2D eigenvalue weighted by Crippen LogP contribution is 2.25. The van der Waals surface area contributed by atoms with Gasteiger partial charge in [0.2, 0.25) is 0 Å². The van der Waals surface area contributed by atoms with Crippen molar-refractivity contribution < 1.29 is 0 Å². The minimum Gasteiger partial charge on any atom is -0.399 e. The lowest BCUT2D eigenvalue weighted by atomic mass is 10.1. The summed E-state index contributed by atoms with van der Waals surface area (Å²) in [6.45, 7) is 8.04. The minimum absolute atomic E-state index is 0.575. The maximum absolute atomic E-state index is 5.85. The van der Waals surface area contributed by atoms with E-state index in [2.05, 4.69) is 41.0 Å². The molecule has 0 atom stereocenters. The molecule has 0 amide bonds. The van der Waals surface area contributed by atoms with Crippen molar-refractivity contribution in [1.29, 1.82) is 0 Å². The zero-order valence-electron chi connectivity index (χ0n) is 12.1. The van der Waals surface area contributed by atoms with Crippen LogP contribution < -0.4 is 5.73 Å². The molecule has 1 aliphatic heterocycles. The van der Waals surface area contributed by atoms with Gasteiger partial charge in [-0.3, -0.25) is 4.90 Å². The van der Waals surface area contributed by atoms with Crippen molar-refractivity contribution in [2.45, 2.75) is 40.0 Å². The molecule has 1 aromatic heterocycles. The third kappa shape index (κ3) is 2.67. The molecule has 0 bridgehead atoms. The molecule has 0 spiro atoms. The highest BCUT2D eigenvalue weighted by Gasteiger charge is 2.20. The van der Waals surface area contributed by atoms with Crippen LogP contribution in [0.4, 0.5) is 5.69 Å². The van der Waals surface area contributed by atoms with Gasteiger partial charge in [-0.15, -0.1) is 0 Å². The Bertz CT molecular complexity index is 602. The van der Waals surface area contributed by atoms with Crippen LogP contribution in [0.2, 0.25) is 0 Å². The van der Waals surface area contributed by atoms with Gasteiger partial charge in [0.25, 0.3) is 0 Å². The smallest absolute Gasteiger partial charge is 0.141 e. The zero-order chi connectivity index (χ0) is 14.1. The van der Waals surface area contributed by atoms with Crippen LogP contribution in [0.5, 0.6) is 0 Å².